The van der Waals surface area contributed by atoms with E-state index in [9.17, 15) is 8.42 Å². The third-order valence-corrected chi connectivity index (χ3v) is 13.4. The van der Waals surface area contributed by atoms with Crippen LogP contribution in [0.2, 0.25) is 0 Å². The van der Waals surface area contributed by atoms with Gasteiger partial charge in [-0.05, 0) is 68.8 Å². The van der Waals surface area contributed by atoms with Crippen LogP contribution in [0.4, 0.5) is 11.4 Å². The van der Waals surface area contributed by atoms with Crippen molar-refractivity contribution in [2.45, 2.75) is 22.1 Å². The molecule has 6 aromatic rings. The Morgan fingerprint density at radius 1 is 0.672 bits per heavy atom. The standard InChI is InChI=1S/C53H42N2O2S/c1-37-35-42(44-23-9-8-19-39(44)31-32-41(38-17-4-2-5-18-38)36-49(54)40-20-6-3-7-21-40)33-34-55(50-28-13-10-22-43(37)50)51-29-14-11-24-45(51)47-26-16-27-48-46-25-12-15-30-52(46)58(56,57)53(47)48/h2-36,46,49,52H,1,54H2/b32-31+,34-33-,41-36+,42-35+. The molecule has 0 amide bonds. The van der Waals surface area contributed by atoms with Gasteiger partial charge in [0.25, 0.3) is 0 Å². The quantitative estimate of drug-likeness (QED) is 0.157. The Bertz CT molecular complexity index is 2840. The largest absolute Gasteiger partial charge is 0.321 e. The molecule has 0 bridgehead atoms. The Morgan fingerprint density at radius 2 is 1.29 bits per heavy atom. The first kappa shape index (κ1) is 36.8. The molecule has 3 atom stereocenters. The fourth-order valence-electron chi connectivity index (χ4n) is 8.37. The molecule has 4 nitrogen and oxygen atoms in total. The van der Waals surface area contributed by atoms with Crippen molar-refractivity contribution in [2.24, 2.45) is 5.73 Å². The Kier molecular flexibility index (Phi) is 9.92. The zero-order chi connectivity index (χ0) is 39.6. The highest BCUT2D eigenvalue weighted by Crippen LogP contribution is 2.50. The van der Waals surface area contributed by atoms with Crippen molar-refractivity contribution in [2.75, 3.05) is 4.90 Å². The number of para-hydroxylation sites is 2. The van der Waals surface area contributed by atoms with Gasteiger partial charge >= 0.3 is 0 Å². The van der Waals surface area contributed by atoms with Gasteiger partial charge in [0.1, 0.15) is 0 Å². The second-order valence-electron chi connectivity index (χ2n) is 14.7. The molecule has 0 aromatic heterocycles. The van der Waals surface area contributed by atoms with Gasteiger partial charge in [0.15, 0.2) is 9.84 Å². The molecular formula is C53H42N2O2S. The molecular weight excluding hydrogens is 729 g/mol. The topological polar surface area (TPSA) is 63.4 Å². The predicted molar refractivity (Wildman–Crippen MR) is 242 cm³/mol. The van der Waals surface area contributed by atoms with Crippen molar-refractivity contribution in [3.05, 3.63) is 246 Å². The van der Waals surface area contributed by atoms with E-state index in [0.717, 1.165) is 67.0 Å². The van der Waals surface area contributed by atoms with Crippen LogP contribution < -0.4 is 10.6 Å². The van der Waals surface area contributed by atoms with Crippen LogP contribution in [0.1, 0.15) is 45.3 Å². The SMILES string of the molecule is C=C1/C=C(c2ccccc2/C=C/C(=C\C(N)c2ccccc2)c2ccccc2)\C=C/N(c2ccccc2-c2cccc3c2S(=O)(=O)C2C=CC=CC32)c2ccccc21. The summed E-state index contributed by atoms with van der Waals surface area (Å²) in [5, 5.41) is -0.604. The molecule has 0 saturated carbocycles. The van der Waals surface area contributed by atoms with E-state index >= 15 is 0 Å². The average molecular weight is 771 g/mol. The number of fused-ring (bicyclic) bond motifs is 4. The first-order valence-corrected chi connectivity index (χ1v) is 21.1. The van der Waals surface area contributed by atoms with Crippen LogP contribution in [0.3, 0.4) is 0 Å². The number of nitrogens with zero attached hydrogens (tertiary/aromatic N) is 1. The van der Waals surface area contributed by atoms with E-state index in [4.69, 9.17) is 5.73 Å². The van der Waals surface area contributed by atoms with Gasteiger partial charge in [-0.2, -0.15) is 0 Å². The molecule has 282 valence electrons. The van der Waals surface area contributed by atoms with Gasteiger partial charge in [-0.15, -0.1) is 0 Å². The molecule has 2 aliphatic heterocycles. The maximum Gasteiger partial charge on any atom is 0.186 e. The normalized spacial score (nSPS) is 20.0. The lowest BCUT2D eigenvalue weighted by atomic mass is 9.90. The lowest BCUT2D eigenvalue weighted by Gasteiger charge is -2.28. The van der Waals surface area contributed by atoms with Crippen LogP contribution in [-0.4, -0.2) is 13.7 Å². The molecule has 0 radical (unpaired) electrons. The number of hydrogen-bond acceptors (Lipinski definition) is 4. The van der Waals surface area contributed by atoms with Gasteiger partial charge in [-0.25, -0.2) is 8.42 Å². The smallest absolute Gasteiger partial charge is 0.186 e. The van der Waals surface area contributed by atoms with Crippen molar-refractivity contribution < 1.29 is 8.42 Å². The summed E-state index contributed by atoms with van der Waals surface area (Å²) in [7, 11) is -3.63. The maximum absolute atomic E-state index is 14.2. The molecule has 0 saturated heterocycles. The van der Waals surface area contributed by atoms with E-state index in [1.165, 1.54) is 0 Å². The Balaban J connectivity index is 1.14. The molecule has 9 rings (SSSR count). The second-order valence-corrected chi connectivity index (χ2v) is 16.8. The number of benzene rings is 6. The van der Waals surface area contributed by atoms with E-state index in [2.05, 4.69) is 115 Å². The number of sulfone groups is 1. The van der Waals surface area contributed by atoms with Gasteiger partial charge in [0.2, 0.25) is 0 Å². The molecule has 2 N–H and O–H groups in total. The van der Waals surface area contributed by atoms with Crippen LogP contribution in [0.15, 0.2) is 218 Å². The Morgan fingerprint density at radius 3 is 2.07 bits per heavy atom. The summed E-state index contributed by atoms with van der Waals surface area (Å²) in [6.45, 7) is 4.58. The van der Waals surface area contributed by atoms with Crippen molar-refractivity contribution in [3.8, 4) is 11.1 Å². The van der Waals surface area contributed by atoms with E-state index in [0.29, 0.717) is 10.5 Å². The van der Waals surface area contributed by atoms with Gasteiger partial charge in [-0.1, -0.05) is 189 Å². The van der Waals surface area contributed by atoms with E-state index in [1.807, 2.05) is 109 Å². The van der Waals surface area contributed by atoms with Crippen LogP contribution in [-0.2, 0) is 9.84 Å². The molecule has 6 aromatic carbocycles. The number of nitrogens with two attached hydrogens (primary N) is 1. The lowest BCUT2D eigenvalue weighted by Crippen LogP contribution is -2.19. The highest BCUT2D eigenvalue weighted by atomic mass is 32.2. The molecule has 58 heavy (non-hydrogen) atoms. The second kappa shape index (κ2) is 15.6. The van der Waals surface area contributed by atoms with Gasteiger partial charge in [0, 0.05) is 34.9 Å². The lowest BCUT2D eigenvalue weighted by molar-refractivity contribution is 0.592. The molecule has 2 heterocycles. The molecule has 3 aliphatic rings. The number of anilines is 2. The molecule has 1 aliphatic carbocycles. The summed E-state index contributed by atoms with van der Waals surface area (Å²) in [5.41, 5.74) is 19.0. The van der Waals surface area contributed by atoms with Crippen LogP contribution in [0, 0.1) is 0 Å². The minimum absolute atomic E-state index is 0.204. The van der Waals surface area contributed by atoms with Crippen molar-refractivity contribution in [3.63, 3.8) is 0 Å². The first-order valence-electron chi connectivity index (χ1n) is 19.5. The molecule has 3 unspecified atom stereocenters. The third kappa shape index (κ3) is 6.85. The number of rotatable bonds is 8. The van der Waals surface area contributed by atoms with Crippen LogP contribution >= 0.6 is 0 Å². The van der Waals surface area contributed by atoms with E-state index in [-0.39, 0.29) is 12.0 Å². The van der Waals surface area contributed by atoms with Crippen LogP contribution in [0.25, 0.3) is 33.9 Å². The summed E-state index contributed by atoms with van der Waals surface area (Å²) in [4.78, 5) is 2.58. The summed E-state index contributed by atoms with van der Waals surface area (Å²) < 4.78 is 28.4. The maximum atomic E-state index is 14.2. The van der Waals surface area contributed by atoms with Crippen LogP contribution in [0.5, 0.6) is 0 Å². The zero-order valence-electron chi connectivity index (χ0n) is 31.9. The van der Waals surface area contributed by atoms with Gasteiger partial charge < -0.3 is 10.6 Å². The highest BCUT2D eigenvalue weighted by molar-refractivity contribution is 7.92. The Labute approximate surface area is 341 Å². The number of allylic oxidation sites excluding steroid dienone is 9. The summed E-state index contributed by atoms with van der Waals surface area (Å²) in [6, 6.07) is 50.7. The van der Waals surface area contributed by atoms with Gasteiger partial charge in [0.05, 0.1) is 21.5 Å². The molecule has 0 spiro atoms. The van der Waals surface area contributed by atoms with E-state index in [1.54, 1.807) is 0 Å². The Hall–Kier alpha value is -6.79. The average Bonchev–Trinajstić information content (AvgIpc) is 3.51. The minimum atomic E-state index is -3.63. The summed E-state index contributed by atoms with van der Waals surface area (Å²) in [5.74, 6) is -0.204. The van der Waals surface area contributed by atoms with Crippen molar-refractivity contribution in [1.82, 2.24) is 0 Å². The molecule has 0 fully saturated rings. The third-order valence-electron chi connectivity index (χ3n) is 11.2. The van der Waals surface area contributed by atoms with Crippen molar-refractivity contribution >= 4 is 44.0 Å². The fraction of sp³-hybridized carbons (Fsp3) is 0.0566. The highest BCUT2D eigenvalue weighted by Gasteiger charge is 2.44. The first-order chi connectivity index (χ1) is 28.4. The number of hydrogen-bond donors (Lipinski definition) is 1. The zero-order valence-corrected chi connectivity index (χ0v) is 32.7. The predicted octanol–water partition coefficient (Wildman–Crippen LogP) is 12.3. The minimum Gasteiger partial charge on any atom is -0.321 e. The van der Waals surface area contributed by atoms with E-state index < -0.39 is 15.1 Å². The monoisotopic (exact) mass is 770 g/mol. The van der Waals surface area contributed by atoms with Crippen molar-refractivity contribution in [1.29, 1.82) is 0 Å². The molecule has 5 heteroatoms. The summed E-state index contributed by atoms with van der Waals surface area (Å²) in [6.07, 6.45) is 20.4. The van der Waals surface area contributed by atoms with Gasteiger partial charge in [-0.3, -0.25) is 0 Å². The fourth-order valence-corrected chi connectivity index (χ4v) is 10.6. The summed E-state index contributed by atoms with van der Waals surface area (Å²) >= 11 is 0.